The third-order valence-electron chi connectivity index (χ3n) is 3.77. The molecule has 0 aliphatic carbocycles. The van der Waals surface area contributed by atoms with Crippen molar-refractivity contribution in [2.45, 2.75) is 19.9 Å². The maximum atomic E-state index is 6.21. The second kappa shape index (κ2) is 14.4. The Morgan fingerprint density at radius 3 is 2.64 bits per heavy atom. The van der Waals surface area contributed by atoms with Gasteiger partial charge in [-0.05, 0) is 31.0 Å². The summed E-state index contributed by atoms with van der Waals surface area (Å²) in [6, 6.07) is 11.7. The maximum absolute atomic E-state index is 6.21. The summed E-state index contributed by atoms with van der Waals surface area (Å²) in [6.07, 6.45) is 2.53. The van der Waals surface area contributed by atoms with Crippen molar-refractivity contribution in [2.24, 2.45) is 4.99 Å². The van der Waals surface area contributed by atoms with Crippen LogP contribution < -0.4 is 15.4 Å². The van der Waals surface area contributed by atoms with Crippen molar-refractivity contribution in [2.75, 3.05) is 33.4 Å². The topological polar surface area (TPSA) is 67.8 Å². The van der Waals surface area contributed by atoms with Gasteiger partial charge >= 0.3 is 0 Å². The van der Waals surface area contributed by atoms with Gasteiger partial charge in [-0.25, -0.2) is 9.98 Å². The lowest BCUT2D eigenvalue weighted by Crippen LogP contribution is -2.38. The smallest absolute Gasteiger partial charge is 0.218 e. The maximum Gasteiger partial charge on any atom is 0.218 e. The largest absolute Gasteiger partial charge is 0.475 e. The molecule has 0 aliphatic rings. The number of nitrogens with one attached hydrogen (secondary N) is 2. The molecule has 0 aliphatic heterocycles. The molecule has 0 atom stereocenters. The summed E-state index contributed by atoms with van der Waals surface area (Å²) in [7, 11) is 1.64. The van der Waals surface area contributed by atoms with E-state index in [4.69, 9.17) is 21.1 Å². The molecule has 154 valence electrons. The molecule has 2 rings (SSSR count). The van der Waals surface area contributed by atoms with E-state index in [1.165, 1.54) is 0 Å². The van der Waals surface area contributed by atoms with Gasteiger partial charge in [-0.2, -0.15) is 0 Å². The van der Waals surface area contributed by atoms with E-state index in [1.807, 2.05) is 43.3 Å². The molecule has 2 aromatic rings. The lowest BCUT2D eigenvalue weighted by Gasteiger charge is -2.13. The van der Waals surface area contributed by atoms with Gasteiger partial charge in [0, 0.05) is 37.0 Å². The van der Waals surface area contributed by atoms with Gasteiger partial charge in [-0.1, -0.05) is 35.9 Å². The fraction of sp³-hybridized carbons (Fsp3) is 0.400. The number of hydrogen-bond acceptors (Lipinski definition) is 4. The number of aliphatic imine (C=N–C) groups is 1. The predicted molar refractivity (Wildman–Crippen MR) is 125 cm³/mol. The molecule has 0 amide bonds. The Morgan fingerprint density at radius 1 is 1.11 bits per heavy atom. The molecular weight excluding hydrogens is 491 g/mol. The first kappa shape index (κ1) is 24.5. The molecule has 0 bridgehead atoms. The van der Waals surface area contributed by atoms with Crippen molar-refractivity contribution in [1.82, 2.24) is 15.6 Å². The summed E-state index contributed by atoms with van der Waals surface area (Å²) in [4.78, 5) is 8.92. The van der Waals surface area contributed by atoms with Crippen LogP contribution in [0.15, 0.2) is 47.6 Å². The molecule has 0 radical (unpaired) electrons. The number of pyridine rings is 1. The van der Waals surface area contributed by atoms with Gasteiger partial charge in [0.15, 0.2) is 5.96 Å². The number of rotatable bonds is 10. The first-order valence-electron chi connectivity index (χ1n) is 9.05. The van der Waals surface area contributed by atoms with E-state index in [-0.39, 0.29) is 24.0 Å². The van der Waals surface area contributed by atoms with Gasteiger partial charge in [-0.3, -0.25) is 0 Å². The minimum atomic E-state index is 0. The number of ether oxygens (including phenoxy) is 2. The van der Waals surface area contributed by atoms with E-state index in [0.29, 0.717) is 25.6 Å². The molecule has 1 aromatic heterocycles. The highest BCUT2D eigenvalue weighted by Gasteiger charge is 2.06. The van der Waals surface area contributed by atoms with E-state index < -0.39 is 0 Å². The molecule has 8 heteroatoms. The van der Waals surface area contributed by atoms with E-state index in [0.717, 1.165) is 41.6 Å². The van der Waals surface area contributed by atoms with E-state index >= 15 is 0 Å². The van der Waals surface area contributed by atoms with Gasteiger partial charge in [0.05, 0.1) is 13.2 Å². The minimum absolute atomic E-state index is 0. The quantitative estimate of drug-likeness (QED) is 0.217. The minimum Gasteiger partial charge on any atom is -0.475 e. The highest BCUT2D eigenvalue weighted by Crippen LogP contribution is 2.16. The Bertz CT molecular complexity index is 731. The Hall–Kier alpha value is -1.58. The van der Waals surface area contributed by atoms with Crippen molar-refractivity contribution in [3.63, 3.8) is 0 Å². The fourth-order valence-electron chi connectivity index (χ4n) is 2.42. The van der Waals surface area contributed by atoms with Crippen LogP contribution in [0, 0.1) is 0 Å². The summed E-state index contributed by atoms with van der Waals surface area (Å²) in [5, 5.41) is 7.37. The zero-order valence-electron chi connectivity index (χ0n) is 16.3. The van der Waals surface area contributed by atoms with Crippen LogP contribution in [-0.2, 0) is 17.7 Å². The normalized spacial score (nSPS) is 10.9. The molecule has 0 unspecified atom stereocenters. The predicted octanol–water partition coefficient (Wildman–Crippen LogP) is 3.68. The second-order valence-electron chi connectivity index (χ2n) is 5.77. The molecule has 0 fully saturated rings. The van der Waals surface area contributed by atoms with Crippen LogP contribution in [0.4, 0.5) is 0 Å². The van der Waals surface area contributed by atoms with Gasteiger partial charge in [-0.15, -0.1) is 24.0 Å². The molecule has 2 N–H and O–H groups in total. The zero-order valence-corrected chi connectivity index (χ0v) is 19.4. The van der Waals surface area contributed by atoms with Gasteiger partial charge in [0.1, 0.15) is 6.61 Å². The standard InChI is InChI=1S/C20H27ClN4O2.HI/c1-3-22-20(24-12-10-16-7-4-5-9-18(16)21)25-15-17-8-6-11-23-19(17)27-14-13-26-2;/h4-9,11H,3,10,12-15H2,1-2H3,(H2,22,24,25);1H. The fourth-order valence-corrected chi connectivity index (χ4v) is 2.65. The molecule has 0 saturated carbocycles. The Labute approximate surface area is 189 Å². The van der Waals surface area contributed by atoms with Crippen LogP contribution in [0.1, 0.15) is 18.1 Å². The SMILES string of the molecule is CCNC(=NCc1cccnc1OCCOC)NCCc1ccccc1Cl.I. The van der Waals surface area contributed by atoms with Gasteiger partial charge in [0.25, 0.3) is 0 Å². The van der Waals surface area contributed by atoms with Gasteiger partial charge in [0.2, 0.25) is 5.88 Å². The lowest BCUT2D eigenvalue weighted by atomic mass is 10.1. The average molecular weight is 519 g/mol. The Kier molecular flexibility index (Phi) is 12.6. The molecule has 0 spiro atoms. The summed E-state index contributed by atoms with van der Waals surface area (Å²) >= 11 is 6.21. The molecule has 6 nitrogen and oxygen atoms in total. The monoisotopic (exact) mass is 518 g/mol. The average Bonchev–Trinajstić information content (AvgIpc) is 2.68. The number of benzene rings is 1. The first-order chi connectivity index (χ1) is 13.2. The van der Waals surface area contributed by atoms with Crippen molar-refractivity contribution in [1.29, 1.82) is 0 Å². The lowest BCUT2D eigenvalue weighted by molar-refractivity contribution is 0.143. The molecule has 0 saturated heterocycles. The zero-order chi connectivity index (χ0) is 19.3. The van der Waals surface area contributed by atoms with Crippen LogP contribution in [0.2, 0.25) is 5.02 Å². The van der Waals surface area contributed by atoms with Crippen LogP contribution in [0.5, 0.6) is 5.88 Å². The van der Waals surface area contributed by atoms with E-state index in [2.05, 4.69) is 20.6 Å². The summed E-state index contributed by atoms with van der Waals surface area (Å²) in [5.74, 6) is 1.33. The number of guanidine groups is 1. The summed E-state index contributed by atoms with van der Waals surface area (Å²) < 4.78 is 10.7. The second-order valence-corrected chi connectivity index (χ2v) is 6.18. The van der Waals surface area contributed by atoms with Crippen LogP contribution in [-0.4, -0.2) is 44.4 Å². The number of aromatic nitrogens is 1. The van der Waals surface area contributed by atoms with Crippen molar-refractivity contribution >= 4 is 41.5 Å². The van der Waals surface area contributed by atoms with Crippen molar-refractivity contribution < 1.29 is 9.47 Å². The van der Waals surface area contributed by atoms with Gasteiger partial charge < -0.3 is 20.1 Å². The highest BCUT2D eigenvalue weighted by molar-refractivity contribution is 14.0. The van der Waals surface area contributed by atoms with Crippen LogP contribution in [0.25, 0.3) is 0 Å². The van der Waals surface area contributed by atoms with Crippen LogP contribution >= 0.6 is 35.6 Å². The molecule has 1 heterocycles. The summed E-state index contributed by atoms with van der Waals surface area (Å²) in [6.45, 7) is 5.00. The van der Waals surface area contributed by atoms with E-state index in [9.17, 15) is 0 Å². The summed E-state index contributed by atoms with van der Waals surface area (Å²) in [5.41, 5.74) is 2.04. The molecule has 28 heavy (non-hydrogen) atoms. The molecule has 1 aromatic carbocycles. The van der Waals surface area contributed by atoms with Crippen molar-refractivity contribution in [3.8, 4) is 5.88 Å². The number of nitrogens with zero attached hydrogens (tertiary/aromatic N) is 2. The Balaban J connectivity index is 0.00000392. The molecular formula is C20H28ClIN4O2. The van der Waals surface area contributed by atoms with E-state index in [1.54, 1.807) is 13.3 Å². The first-order valence-corrected chi connectivity index (χ1v) is 9.43. The third-order valence-corrected chi connectivity index (χ3v) is 4.14. The number of hydrogen-bond donors (Lipinski definition) is 2. The third kappa shape index (κ3) is 8.62. The number of halogens is 2. The van der Waals surface area contributed by atoms with Crippen molar-refractivity contribution in [3.05, 3.63) is 58.7 Å². The highest BCUT2D eigenvalue weighted by atomic mass is 127. The number of methoxy groups -OCH3 is 1. The van der Waals surface area contributed by atoms with Crippen LogP contribution in [0.3, 0.4) is 0 Å². The Morgan fingerprint density at radius 2 is 1.89 bits per heavy atom.